The highest BCUT2D eigenvalue weighted by molar-refractivity contribution is 7.85. The fraction of sp³-hybridized carbons (Fsp3) is 0.200. The number of nitriles is 1. The van der Waals surface area contributed by atoms with E-state index in [1.807, 2.05) is 43.3 Å². The van der Waals surface area contributed by atoms with Crippen molar-refractivity contribution in [3.05, 3.63) is 95.7 Å². The van der Waals surface area contributed by atoms with Crippen LogP contribution in [0.1, 0.15) is 29.7 Å². The zero-order chi connectivity index (χ0) is 29.9. The minimum Gasteiger partial charge on any atom is -0.497 e. The van der Waals surface area contributed by atoms with Crippen LogP contribution in [0, 0.1) is 11.3 Å². The SMILES string of the molecule is COc1ccc(N2C(=O)N(c3cccc(C#N)c3)c3nc(Nc4cccc(CCOS(C)(=O)=O)c4)ncc3[C@@H]2C)cc1. The lowest BCUT2D eigenvalue weighted by molar-refractivity contribution is 0.250. The van der Waals surface area contributed by atoms with Crippen LogP contribution in [-0.2, 0) is 20.7 Å². The van der Waals surface area contributed by atoms with E-state index in [0.717, 1.165) is 11.8 Å². The van der Waals surface area contributed by atoms with Gasteiger partial charge in [0.2, 0.25) is 5.95 Å². The predicted molar refractivity (Wildman–Crippen MR) is 159 cm³/mol. The van der Waals surface area contributed by atoms with Gasteiger partial charge in [-0.15, -0.1) is 0 Å². The lowest BCUT2D eigenvalue weighted by atomic mass is 10.0. The van der Waals surface area contributed by atoms with Crippen molar-refractivity contribution in [1.82, 2.24) is 9.97 Å². The first-order valence-electron chi connectivity index (χ1n) is 13.0. The Hall–Kier alpha value is -4.99. The molecule has 11 nitrogen and oxygen atoms in total. The molecule has 4 aromatic rings. The Labute approximate surface area is 244 Å². The van der Waals surface area contributed by atoms with E-state index in [2.05, 4.69) is 16.4 Å². The fourth-order valence-electron chi connectivity index (χ4n) is 4.69. The number of rotatable bonds is 9. The van der Waals surface area contributed by atoms with Gasteiger partial charge < -0.3 is 10.1 Å². The molecule has 5 rings (SSSR count). The molecule has 2 amide bonds. The normalized spacial score (nSPS) is 14.7. The number of hydrogen-bond acceptors (Lipinski definition) is 9. The van der Waals surface area contributed by atoms with Crippen molar-refractivity contribution in [1.29, 1.82) is 5.26 Å². The number of nitrogens with one attached hydrogen (secondary N) is 1. The molecule has 0 aliphatic carbocycles. The van der Waals surface area contributed by atoms with E-state index >= 15 is 0 Å². The first-order valence-corrected chi connectivity index (χ1v) is 14.8. The van der Waals surface area contributed by atoms with Gasteiger partial charge in [0.25, 0.3) is 10.1 Å². The van der Waals surface area contributed by atoms with E-state index in [1.165, 1.54) is 4.90 Å². The summed E-state index contributed by atoms with van der Waals surface area (Å²) in [7, 11) is -1.94. The van der Waals surface area contributed by atoms with E-state index < -0.39 is 16.2 Å². The van der Waals surface area contributed by atoms with Crippen LogP contribution in [0.4, 0.5) is 33.6 Å². The lowest BCUT2D eigenvalue weighted by Gasteiger charge is -2.40. The van der Waals surface area contributed by atoms with Gasteiger partial charge in [0.1, 0.15) is 5.75 Å². The molecule has 1 N–H and O–H groups in total. The van der Waals surface area contributed by atoms with E-state index in [1.54, 1.807) is 54.6 Å². The van der Waals surface area contributed by atoms with Crippen LogP contribution in [0.5, 0.6) is 5.75 Å². The van der Waals surface area contributed by atoms with E-state index in [0.29, 0.717) is 46.2 Å². The Balaban J connectivity index is 1.51. The van der Waals surface area contributed by atoms with Gasteiger partial charge in [0, 0.05) is 23.1 Å². The number of hydrogen-bond donors (Lipinski definition) is 1. The Morgan fingerprint density at radius 3 is 2.52 bits per heavy atom. The summed E-state index contributed by atoms with van der Waals surface area (Å²) in [5.74, 6) is 1.32. The number of methoxy groups -OCH3 is 1. The molecular formula is C30H28N6O5S. The summed E-state index contributed by atoms with van der Waals surface area (Å²) in [6, 6.07) is 22.7. The topological polar surface area (TPSA) is 138 Å². The standard InChI is InChI=1S/C30H28N6O5S/c1-20-27-19-32-29(33-23-8-4-6-21(16-23)14-15-41-42(3,38)39)34-28(27)36(25-9-5-7-22(17-25)18-31)30(37)35(20)24-10-12-26(40-2)13-11-24/h4-13,16-17,19-20H,14-15H2,1-3H3,(H,32,33,34)/t20-/m0/s1. The third-order valence-electron chi connectivity index (χ3n) is 6.70. The number of carbonyl (C=O) groups excluding carboxylic acids is 1. The zero-order valence-corrected chi connectivity index (χ0v) is 24.0. The minimum absolute atomic E-state index is 0.0268. The average Bonchev–Trinajstić information content (AvgIpc) is 2.97. The molecule has 0 saturated carbocycles. The minimum atomic E-state index is -3.52. The molecule has 42 heavy (non-hydrogen) atoms. The van der Waals surface area contributed by atoms with Gasteiger partial charge in [-0.2, -0.15) is 18.7 Å². The second kappa shape index (κ2) is 11.9. The van der Waals surface area contributed by atoms with Gasteiger partial charge in [0.15, 0.2) is 5.82 Å². The van der Waals surface area contributed by atoms with Gasteiger partial charge in [0.05, 0.1) is 43.3 Å². The molecule has 2 heterocycles. The summed E-state index contributed by atoms with van der Waals surface area (Å²) < 4.78 is 32.7. The summed E-state index contributed by atoms with van der Waals surface area (Å²) in [4.78, 5) is 26.6. The predicted octanol–water partition coefficient (Wildman–Crippen LogP) is 5.46. The number of anilines is 5. The Morgan fingerprint density at radius 1 is 1.05 bits per heavy atom. The van der Waals surface area contributed by atoms with Gasteiger partial charge in [-0.25, -0.2) is 14.7 Å². The van der Waals surface area contributed by atoms with Crippen LogP contribution in [0.15, 0.2) is 79.0 Å². The highest BCUT2D eigenvalue weighted by Gasteiger charge is 2.39. The summed E-state index contributed by atoms with van der Waals surface area (Å²) in [6.45, 7) is 1.93. The van der Waals surface area contributed by atoms with Crippen LogP contribution >= 0.6 is 0 Å². The maximum Gasteiger partial charge on any atom is 0.335 e. The number of carbonyl (C=O) groups is 1. The molecule has 0 bridgehead atoms. The number of aromatic nitrogens is 2. The maximum absolute atomic E-state index is 14.1. The summed E-state index contributed by atoms with van der Waals surface area (Å²) in [6.07, 6.45) is 3.09. The molecule has 1 atom stereocenters. The number of ether oxygens (including phenoxy) is 1. The van der Waals surface area contributed by atoms with Gasteiger partial charge in [-0.1, -0.05) is 18.2 Å². The molecule has 1 aliphatic rings. The van der Waals surface area contributed by atoms with E-state index in [9.17, 15) is 18.5 Å². The zero-order valence-electron chi connectivity index (χ0n) is 23.2. The number of benzene rings is 3. The molecule has 0 unspecified atom stereocenters. The van der Waals surface area contributed by atoms with Crippen LogP contribution in [-0.4, -0.2) is 44.4 Å². The number of urea groups is 1. The summed E-state index contributed by atoms with van der Waals surface area (Å²) >= 11 is 0. The number of fused-ring (bicyclic) bond motifs is 1. The molecule has 12 heteroatoms. The molecule has 3 aromatic carbocycles. The largest absolute Gasteiger partial charge is 0.497 e. The van der Waals surface area contributed by atoms with Crippen LogP contribution < -0.4 is 19.9 Å². The molecule has 0 spiro atoms. The summed E-state index contributed by atoms with van der Waals surface area (Å²) in [5.41, 5.74) is 3.81. The van der Waals surface area contributed by atoms with Crippen molar-refractivity contribution >= 4 is 45.0 Å². The second-order valence-electron chi connectivity index (χ2n) is 9.60. The lowest BCUT2D eigenvalue weighted by Crippen LogP contribution is -2.47. The molecule has 0 radical (unpaired) electrons. The maximum atomic E-state index is 14.1. The van der Waals surface area contributed by atoms with Gasteiger partial charge in [-0.3, -0.25) is 9.08 Å². The molecule has 214 valence electrons. The first kappa shape index (κ1) is 28.5. The van der Waals surface area contributed by atoms with Crippen LogP contribution in [0.2, 0.25) is 0 Å². The Kier molecular flexibility index (Phi) is 8.06. The number of nitrogens with zero attached hydrogens (tertiary/aromatic N) is 5. The van der Waals surface area contributed by atoms with Crippen LogP contribution in [0.3, 0.4) is 0 Å². The molecule has 1 aliphatic heterocycles. The van der Waals surface area contributed by atoms with Crippen molar-refractivity contribution in [3.8, 4) is 11.8 Å². The second-order valence-corrected chi connectivity index (χ2v) is 11.2. The third kappa shape index (κ3) is 6.17. The van der Waals surface area contributed by atoms with E-state index in [-0.39, 0.29) is 18.6 Å². The van der Waals surface area contributed by atoms with Crippen molar-refractivity contribution < 1.29 is 22.1 Å². The smallest absolute Gasteiger partial charge is 0.335 e. The van der Waals surface area contributed by atoms with Crippen LogP contribution in [0.25, 0.3) is 0 Å². The quantitative estimate of drug-likeness (QED) is 0.254. The first-order chi connectivity index (χ1) is 20.2. The van der Waals surface area contributed by atoms with Gasteiger partial charge in [-0.05, 0) is 73.5 Å². The molecular weight excluding hydrogens is 556 g/mol. The van der Waals surface area contributed by atoms with Crippen molar-refractivity contribution in [2.75, 3.05) is 35.1 Å². The van der Waals surface area contributed by atoms with Gasteiger partial charge >= 0.3 is 6.03 Å². The average molecular weight is 585 g/mol. The van der Waals surface area contributed by atoms with Crippen molar-refractivity contribution in [2.24, 2.45) is 0 Å². The molecule has 1 aromatic heterocycles. The van der Waals surface area contributed by atoms with Crippen molar-refractivity contribution in [3.63, 3.8) is 0 Å². The third-order valence-corrected chi connectivity index (χ3v) is 7.29. The fourth-order valence-corrected chi connectivity index (χ4v) is 5.07. The van der Waals surface area contributed by atoms with Crippen molar-refractivity contribution in [2.45, 2.75) is 19.4 Å². The Morgan fingerprint density at radius 2 is 1.81 bits per heavy atom. The monoisotopic (exact) mass is 584 g/mol. The highest BCUT2D eigenvalue weighted by Crippen LogP contribution is 2.42. The Bertz CT molecular complexity index is 1770. The number of amides is 2. The van der Waals surface area contributed by atoms with E-state index in [4.69, 9.17) is 13.9 Å². The highest BCUT2D eigenvalue weighted by atomic mass is 32.2. The molecule has 0 saturated heterocycles. The molecule has 0 fully saturated rings. The summed E-state index contributed by atoms with van der Waals surface area (Å²) in [5, 5.41) is 12.7.